The van der Waals surface area contributed by atoms with Crippen LogP contribution in [-0.4, -0.2) is 41.6 Å². The molecule has 1 aliphatic heterocycles. The highest BCUT2D eigenvalue weighted by Crippen LogP contribution is 2.19. The second-order valence-electron chi connectivity index (χ2n) is 3.17. The summed E-state index contributed by atoms with van der Waals surface area (Å²) in [6, 6.07) is 0.654. The molecule has 0 spiro atoms. The lowest BCUT2D eigenvalue weighted by molar-refractivity contribution is -0.122. The van der Waals surface area contributed by atoms with Gasteiger partial charge in [-0.25, -0.2) is 4.79 Å². The summed E-state index contributed by atoms with van der Waals surface area (Å²) in [5.41, 5.74) is 0. The van der Waals surface area contributed by atoms with Crippen molar-refractivity contribution in [1.29, 1.82) is 0 Å². The number of carbonyl (C=O) groups excluding carboxylic acids is 1. The largest absolute Gasteiger partial charge is 0.483 e. The van der Waals surface area contributed by atoms with Crippen molar-refractivity contribution in [3.63, 3.8) is 0 Å². The molecule has 0 radical (unpaired) electrons. The molecular formula is C8H14N2O3. The van der Waals surface area contributed by atoms with Crippen LogP contribution in [0.4, 0.5) is 4.79 Å². The van der Waals surface area contributed by atoms with Gasteiger partial charge in [0, 0.05) is 19.1 Å². The maximum absolute atomic E-state index is 11.1. The number of likely N-dealkylation sites (tertiary alicyclic amines) is 1. The quantitative estimate of drug-likeness (QED) is 0.577. The summed E-state index contributed by atoms with van der Waals surface area (Å²) in [6.45, 7) is 1.66. The highest BCUT2D eigenvalue weighted by atomic mass is 16.3. The van der Waals surface area contributed by atoms with Crippen LogP contribution in [0, 0.1) is 0 Å². The van der Waals surface area contributed by atoms with Crippen molar-refractivity contribution in [2.45, 2.75) is 25.3 Å². The average molecular weight is 186 g/mol. The molecule has 13 heavy (non-hydrogen) atoms. The molecule has 74 valence electrons. The first-order valence-electron chi connectivity index (χ1n) is 4.41. The number of hydrogen-bond acceptors (Lipinski definition) is 2. The molecule has 2 fully saturated rings. The third-order valence-electron chi connectivity index (χ3n) is 2.05. The van der Waals surface area contributed by atoms with Crippen molar-refractivity contribution < 1.29 is 14.7 Å². The fourth-order valence-corrected chi connectivity index (χ4v) is 1.01. The van der Waals surface area contributed by atoms with E-state index in [-0.39, 0.29) is 12.5 Å². The van der Waals surface area contributed by atoms with E-state index in [9.17, 15) is 4.79 Å². The first kappa shape index (κ1) is 9.83. The molecule has 0 aromatic rings. The molecule has 1 saturated heterocycles. The van der Waals surface area contributed by atoms with Crippen molar-refractivity contribution in [2.24, 2.45) is 0 Å². The Morgan fingerprint density at radius 2 is 2.00 bits per heavy atom. The minimum absolute atomic E-state index is 0.147. The molecule has 5 heteroatoms. The molecule has 0 aromatic heterocycles. The van der Waals surface area contributed by atoms with E-state index in [2.05, 4.69) is 5.32 Å². The summed E-state index contributed by atoms with van der Waals surface area (Å²) in [5, 5.41) is 9.83. The van der Waals surface area contributed by atoms with Crippen molar-refractivity contribution in [1.82, 2.24) is 10.2 Å². The fourth-order valence-electron chi connectivity index (χ4n) is 1.01. The number of carbonyl (C=O) groups is 2. The van der Waals surface area contributed by atoms with Crippen LogP contribution < -0.4 is 5.32 Å². The van der Waals surface area contributed by atoms with E-state index < -0.39 is 0 Å². The maximum atomic E-state index is 11.1. The average Bonchev–Trinajstić information content (AvgIpc) is 2.68. The molecule has 0 bridgehead atoms. The predicted octanol–water partition coefficient (Wildman–Crippen LogP) is 0.265. The number of carboxylic acid groups (broad SMARTS) is 1. The van der Waals surface area contributed by atoms with Crippen LogP contribution in [0.2, 0.25) is 0 Å². The van der Waals surface area contributed by atoms with Crippen molar-refractivity contribution in [3.05, 3.63) is 0 Å². The fraction of sp³-hybridized carbons (Fsp3) is 0.750. The SMILES string of the molecule is O=C(NC1CC1)N1CCC1.O=CO. The van der Waals surface area contributed by atoms with E-state index in [4.69, 9.17) is 9.90 Å². The normalized spacial score (nSPS) is 19.2. The van der Waals surface area contributed by atoms with Crippen LogP contribution in [0.15, 0.2) is 0 Å². The summed E-state index contributed by atoms with van der Waals surface area (Å²) in [7, 11) is 0. The zero-order valence-corrected chi connectivity index (χ0v) is 7.40. The molecule has 2 amide bonds. The van der Waals surface area contributed by atoms with Crippen molar-refractivity contribution in [3.8, 4) is 0 Å². The maximum Gasteiger partial charge on any atom is 0.317 e. The topological polar surface area (TPSA) is 69.6 Å². The summed E-state index contributed by atoms with van der Waals surface area (Å²) in [5.74, 6) is 0. The van der Waals surface area contributed by atoms with Crippen LogP contribution in [0.1, 0.15) is 19.3 Å². The molecule has 2 rings (SSSR count). The van der Waals surface area contributed by atoms with Gasteiger partial charge in [-0.1, -0.05) is 0 Å². The molecule has 5 nitrogen and oxygen atoms in total. The van der Waals surface area contributed by atoms with Crippen LogP contribution in [0.5, 0.6) is 0 Å². The summed E-state index contributed by atoms with van der Waals surface area (Å²) >= 11 is 0. The van der Waals surface area contributed by atoms with Crippen LogP contribution in [-0.2, 0) is 4.79 Å². The highest BCUT2D eigenvalue weighted by Gasteiger charge is 2.27. The van der Waals surface area contributed by atoms with Gasteiger partial charge >= 0.3 is 6.03 Å². The van der Waals surface area contributed by atoms with Gasteiger partial charge in [0.2, 0.25) is 0 Å². The molecular weight excluding hydrogens is 172 g/mol. The molecule has 0 unspecified atom stereocenters. The Labute approximate surface area is 76.7 Å². The van der Waals surface area contributed by atoms with Gasteiger partial charge in [0.15, 0.2) is 0 Å². The van der Waals surface area contributed by atoms with E-state index in [1.54, 1.807) is 0 Å². The number of nitrogens with one attached hydrogen (secondary N) is 1. The lowest BCUT2D eigenvalue weighted by Gasteiger charge is -2.30. The van der Waals surface area contributed by atoms with Crippen LogP contribution in [0.3, 0.4) is 0 Å². The zero-order chi connectivity index (χ0) is 9.68. The summed E-state index contributed by atoms with van der Waals surface area (Å²) < 4.78 is 0. The van der Waals surface area contributed by atoms with Gasteiger partial charge in [-0.3, -0.25) is 4.79 Å². The van der Waals surface area contributed by atoms with E-state index in [0.29, 0.717) is 6.04 Å². The lowest BCUT2D eigenvalue weighted by Crippen LogP contribution is -2.48. The molecule has 1 heterocycles. The monoisotopic (exact) mass is 186 g/mol. The first-order valence-corrected chi connectivity index (χ1v) is 4.41. The van der Waals surface area contributed by atoms with E-state index in [0.717, 1.165) is 13.1 Å². The van der Waals surface area contributed by atoms with Gasteiger partial charge in [-0.2, -0.15) is 0 Å². The molecule has 0 aromatic carbocycles. The minimum Gasteiger partial charge on any atom is -0.483 e. The smallest absolute Gasteiger partial charge is 0.317 e. The number of rotatable bonds is 1. The molecule has 0 atom stereocenters. The van der Waals surface area contributed by atoms with Gasteiger partial charge in [0.1, 0.15) is 0 Å². The Kier molecular flexibility index (Phi) is 3.54. The predicted molar refractivity (Wildman–Crippen MR) is 46.4 cm³/mol. The van der Waals surface area contributed by atoms with Gasteiger partial charge in [0.25, 0.3) is 6.47 Å². The van der Waals surface area contributed by atoms with Crippen molar-refractivity contribution in [2.75, 3.05) is 13.1 Å². The summed E-state index contributed by atoms with van der Waals surface area (Å²) in [4.78, 5) is 21.3. The second-order valence-corrected chi connectivity index (χ2v) is 3.17. The third-order valence-corrected chi connectivity index (χ3v) is 2.05. The molecule has 2 N–H and O–H groups in total. The summed E-state index contributed by atoms with van der Waals surface area (Å²) in [6.07, 6.45) is 3.54. The van der Waals surface area contributed by atoms with Crippen LogP contribution >= 0.6 is 0 Å². The Morgan fingerprint density at radius 3 is 2.31 bits per heavy atom. The van der Waals surface area contributed by atoms with Gasteiger partial charge < -0.3 is 15.3 Å². The lowest BCUT2D eigenvalue weighted by atomic mass is 10.2. The molecule has 1 aliphatic carbocycles. The Balaban J connectivity index is 0.000000251. The Bertz CT molecular complexity index is 188. The van der Waals surface area contributed by atoms with E-state index >= 15 is 0 Å². The van der Waals surface area contributed by atoms with Crippen molar-refractivity contribution >= 4 is 12.5 Å². The number of nitrogens with zero attached hydrogens (tertiary/aromatic N) is 1. The minimum atomic E-state index is -0.250. The first-order chi connectivity index (χ1) is 6.27. The van der Waals surface area contributed by atoms with Gasteiger partial charge in [-0.15, -0.1) is 0 Å². The van der Waals surface area contributed by atoms with E-state index in [1.165, 1.54) is 19.3 Å². The highest BCUT2D eigenvalue weighted by molar-refractivity contribution is 5.75. The third kappa shape index (κ3) is 3.31. The Hall–Kier alpha value is -1.26. The Morgan fingerprint density at radius 1 is 1.46 bits per heavy atom. The standard InChI is InChI=1S/C7H12N2O.CH2O2/c10-7(8-6-2-3-6)9-4-1-5-9;2-1-3/h6H,1-5H2,(H,8,10);1H,(H,2,3). The number of hydrogen-bond donors (Lipinski definition) is 2. The second kappa shape index (κ2) is 4.69. The number of amides is 2. The van der Waals surface area contributed by atoms with Gasteiger partial charge in [-0.05, 0) is 19.3 Å². The molecule has 2 aliphatic rings. The van der Waals surface area contributed by atoms with Gasteiger partial charge in [0.05, 0.1) is 0 Å². The van der Waals surface area contributed by atoms with Crippen LogP contribution in [0.25, 0.3) is 0 Å². The zero-order valence-electron chi connectivity index (χ0n) is 7.40. The number of urea groups is 1. The molecule has 1 saturated carbocycles. The van der Waals surface area contributed by atoms with E-state index in [1.807, 2.05) is 4.90 Å².